The highest BCUT2D eigenvalue weighted by Gasteiger charge is 2.06. The van der Waals surface area contributed by atoms with E-state index in [0.717, 1.165) is 22.1 Å². The lowest BCUT2D eigenvalue weighted by Crippen LogP contribution is -2.07. The van der Waals surface area contributed by atoms with E-state index >= 15 is 0 Å². The Morgan fingerprint density at radius 2 is 1.95 bits per heavy atom. The predicted molar refractivity (Wildman–Crippen MR) is 88.2 cm³/mol. The second-order valence-electron chi connectivity index (χ2n) is 4.45. The largest absolute Gasteiger partial charge is 0.490 e. The molecule has 0 spiro atoms. The highest BCUT2D eigenvalue weighted by molar-refractivity contribution is 6.18. The summed E-state index contributed by atoms with van der Waals surface area (Å²) in [5.74, 6) is 7.63. The van der Waals surface area contributed by atoms with Crippen LogP contribution in [0.15, 0.2) is 36.4 Å². The fraction of sp³-hybridized carbons (Fsp3) is 0.333. The summed E-state index contributed by atoms with van der Waals surface area (Å²) in [4.78, 5) is 0. The van der Waals surface area contributed by atoms with Gasteiger partial charge in [0, 0.05) is 24.3 Å². The number of rotatable bonds is 6. The average molecular weight is 303 g/mol. The molecule has 0 unspecified atom stereocenters. The molecular formula is C18H19ClO2. The first-order valence-corrected chi connectivity index (χ1v) is 7.67. The molecule has 2 rings (SSSR count). The summed E-state index contributed by atoms with van der Waals surface area (Å²) in [6, 6.07) is 12.2. The molecule has 0 aliphatic heterocycles. The van der Waals surface area contributed by atoms with Crippen molar-refractivity contribution in [2.24, 2.45) is 0 Å². The molecule has 0 bridgehead atoms. The number of halogens is 1. The minimum absolute atomic E-state index is 0.524. The summed E-state index contributed by atoms with van der Waals surface area (Å²) >= 11 is 5.69. The average Bonchev–Trinajstić information content (AvgIpc) is 2.53. The zero-order valence-electron chi connectivity index (χ0n) is 12.2. The molecule has 0 aliphatic carbocycles. The topological polar surface area (TPSA) is 18.5 Å². The molecule has 21 heavy (non-hydrogen) atoms. The van der Waals surface area contributed by atoms with E-state index < -0.39 is 0 Å². The van der Waals surface area contributed by atoms with Crippen LogP contribution >= 0.6 is 11.6 Å². The number of ether oxygens (including phenoxy) is 2. The van der Waals surface area contributed by atoms with Gasteiger partial charge >= 0.3 is 0 Å². The van der Waals surface area contributed by atoms with Crippen molar-refractivity contribution in [3.05, 3.63) is 42.0 Å². The standard InChI is InChI=1S/C18H19ClO2/c1-2-20-13-14-21-18-11-10-15-7-3-4-8-16(15)17(18)9-5-6-12-19/h3-4,7-8,10-11H,2,6,12-14H2,1H3. The van der Waals surface area contributed by atoms with E-state index in [9.17, 15) is 0 Å². The maximum Gasteiger partial charge on any atom is 0.135 e. The van der Waals surface area contributed by atoms with Crippen LogP contribution in [-0.2, 0) is 4.74 Å². The molecule has 0 radical (unpaired) electrons. The first kappa shape index (κ1) is 15.7. The molecule has 0 aliphatic rings. The van der Waals surface area contributed by atoms with Crippen molar-refractivity contribution in [3.63, 3.8) is 0 Å². The molecule has 3 heteroatoms. The van der Waals surface area contributed by atoms with Crippen LogP contribution in [0.5, 0.6) is 5.75 Å². The molecule has 110 valence electrons. The Morgan fingerprint density at radius 3 is 2.76 bits per heavy atom. The molecule has 0 heterocycles. The van der Waals surface area contributed by atoms with Crippen molar-refractivity contribution in [2.75, 3.05) is 25.7 Å². The van der Waals surface area contributed by atoms with Crippen LogP contribution in [-0.4, -0.2) is 25.7 Å². The maximum atomic E-state index is 5.82. The van der Waals surface area contributed by atoms with E-state index in [4.69, 9.17) is 21.1 Å². The van der Waals surface area contributed by atoms with E-state index in [1.165, 1.54) is 0 Å². The third-order valence-electron chi connectivity index (χ3n) is 3.01. The van der Waals surface area contributed by atoms with E-state index in [-0.39, 0.29) is 0 Å². The fourth-order valence-corrected chi connectivity index (χ4v) is 2.15. The smallest absolute Gasteiger partial charge is 0.135 e. The van der Waals surface area contributed by atoms with E-state index in [1.807, 2.05) is 25.1 Å². The molecule has 0 saturated heterocycles. The third-order valence-corrected chi connectivity index (χ3v) is 3.20. The van der Waals surface area contributed by atoms with Gasteiger partial charge in [0.15, 0.2) is 0 Å². The highest BCUT2D eigenvalue weighted by atomic mass is 35.5. The number of benzene rings is 2. The van der Waals surface area contributed by atoms with Gasteiger partial charge in [-0.15, -0.1) is 11.6 Å². The Labute approximate surface area is 131 Å². The van der Waals surface area contributed by atoms with Crippen molar-refractivity contribution in [3.8, 4) is 17.6 Å². The van der Waals surface area contributed by atoms with Gasteiger partial charge in [-0.05, 0) is 18.4 Å². The van der Waals surface area contributed by atoms with E-state index in [0.29, 0.717) is 32.1 Å². The normalized spacial score (nSPS) is 10.2. The zero-order valence-corrected chi connectivity index (χ0v) is 13.0. The lowest BCUT2D eigenvalue weighted by atomic mass is 10.0. The van der Waals surface area contributed by atoms with Crippen LogP contribution in [0.1, 0.15) is 18.9 Å². The number of hydrogen-bond acceptors (Lipinski definition) is 2. The molecule has 0 N–H and O–H groups in total. The molecule has 2 aromatic carbocycles. The number of fused-ring (bicyclic) bond motifs is 1. The number of alkyl halides is 1. The molecule has 0 amide bonds. The Balaban J connectivity index is 2.30. The Kier molecular flexibility index (Phi) is 6.40. The molecule has 0 aromatic heterocycles. The molecule has 0 atom stereocenters. The minimum Gasteiger partial charge on any atom is -0.490 e. The van der Waals surface area contributed by atoms with E-state index in [1.54, 1.807) is 0 Å². The zero-order chi connectivity index (χ0) is 14.9. The van der Waals surface area contributed by atoms with Crippen LogP contribution < -0.4 is 4.74 Å². The number of hydrogen-bond donors (Lipinski definition) is 0. The lowest BCUT2D eigenvalue weighted by molar-refractivity contribution is 0.110. The summed E-state index contributed by atoms with van der Waals surface area (Å²) < 4.78 is 11.1. The van der Waals surface area contributed by atoms with Crippen molar-refractivity contribution in [2.45, 2.75) is 13.3 Å². The van der Waals surface area contributed by atoms with Crippen molar-refractivity contribution < 1.29 is 9.47 Å². The molecule has 2 aromatic rings. The summed E-state index contributed by atoms with van der Waals surface area (Å²) in [7, 11) is 0. The van der Waals surface area contributed by atoms with Crippen molar-refractivity contribution >= 4 is 22.4 Å². The minimum atomic E-state index is 0.524. The fourth-order valence-electron chi connectivity index (χ4n) is 2.05. The first-order chi connectivity index (χ1) is 10.4. The van der Waals surface area contributed by atoms with Gasteiger partial charge < -0.3 is 9.47 Å². The summed E-state index contributed by atoms with van der Waals surface area (Å²) in [6.45, 7) is 3.77. The predicted octanol–water partition coefficient (Wildman–Crippen LogP) is 4.24. The highest BCUT2D eigenvalue weighted by Crippen LogP contribution is 2.27. The van der Waals surface area contributed by atoms with Crippen molar-refractivity contribution in [1.29, 1.82) is 0 Å². The third kappa shape index (κ3) is 4.39. The molecule has 0 fully saturated rings. The molecular weight excluding hydrogens is 284 g/mol. The van der Waals surface area contributed by atoms with Crippen LogP contribution in [0.4, 0.5) is 0 Å². The van der Waals surface area contributed by atoms with Gasteiger partial charge in [-0.25, -0.2) is 0 Å². The van der Waals surface area contributed by atoms with Crippen LogP contribution in [0.3, 0.4) is 0 Å². The summed E-state index contributed by atoms with van der Waals surface area (Å²) in [5, 5.41) is 2.26. The van der Waals surface area contributed by atoms with E-state index in [2.05, 4.69) is 30.0 Å². The summed E-state index contributed by atoms with van der Waals surface area (Å²) in [6.07, 6.45) is 0.670. The molecule has 0 saturated carbocycles. The van der Waals surface area contributed by atoms with Gasteiger partial charge in [-0.2, -0.15) is 0 Å². The van der Waals surface area contributed by atoms with Crippen LogP contribution in [0, 0.1) is 11.8 Å². The Hall–Kier alpha value is -1.69. The first-order valence-electron chi connectivity index (χ1n) is 7.14. The van der Waals surface area contributed by atoms with Crippen LogP contribution in [0.2, 0.25) is 0 Å². The van der Waals surface area contributed by atoms with Gasteiger partial charge in [-0.1, -0.05) is 42.2 Å². The lowest BCUT2D eigenvalue weighted by Gasteiger charge is -2.10. The second-order valence-corrected chi connectivity index (χ2v) is 4.82. The van der Waals surface area contributed by atoms with Gasteiger partial charge in [-0.3, -0.25) is 0 Å². The monoisotopic (exact) mass is 302 g/mol. The second kappa shape index (κ2) is 8.56. The quantitative estimate of drug-likeness (QED) is 0.451. The van der Waals surface area contributed by atoms with Gasteiger partial charge in [0.1, 0.15) is 12.4 Å². The van der Waals surface area contributed by atoms with Crippen LogP contribution in [0.25, 0.3) is 10.8 Å². The van der Waals surface area contributed by atoms with Gasteiger partial charge in [0.2, 0.25) is 0 Å². The maximum absolute atomic E-state index is 5.82. The SMILES string of the molecule is CCOCCOc1ccc2ccccc2c1C#CCCCl. The molecule has 2 nitrogen and oxygen atoms in total. The Bertz CT molecular complexity index is 640. The summed E-state index contributed by atoms with van der Waals surface area (Å²) in [5.41, 5.74) is 0.926. The van der Waals surface area contributed by atoms with Crippen molar-refractivity contribution in [1.82, 2.24) is 0 Å². The van der Waals surface area contributed by atoms with Gasteiger partial charge in [0.25, 0.3) is 0 Å². The van der Waals surface area contributed by atoms with Gasteiger partial charge in [0.05, 0.1) is 12.2 Å². The Morgan fingerprint density at radius 1 is 1.10 bits per heavy atom.